The summed E-state index contributed by atoms with van der Waals surface area (Å²) in [5.41, 5.74) is 4.73. The molecule has 3 aromatic rings. The Kier molecular flexibility index (Phi) is 2.84. The maximum Gasteiger partial charge on any atom is 0.261 e. The molecule has 2 heterocycles. The van der Waals surface area contributed by atoms with Crippen LogP contribution in [0.1, 0.15) is 39.4 Å². The maximum atomic E-state index is 12.9. The zero-order chi connectivity index (χ0) is 16.1. The Morgan fingerprint density at radius 2 is 1.42 bits per heavy atom. The molecule has 0 unspecified atom stereocenters. The topological polar surface area (TPSA) is 29.5 Å². The molecule has 3 aromatic carbocycles. The van der Waals surface area contributed by atoms with Gasteiger partial charge in [-0.15, -0.1) is 0 Å². The van der Waals surface area contributed by atoms with Gasteiger partial charge < -0.3 is 4.74 Å². The fourth-order valence-electron chi connectivity index (χ4n) is 3.67. The van der Waals surface area contributed by atoms with Crippen LogP contribution in [-0.2, 0) is 4.74 Å². The number of fused-ring (bicyclic) bond motifs is 5. The van der Waals surface area contributed by atoms with Gasteiger partial charge >= 0.3 is 0 Å². The van der Waals surface area contributed by atoms with E-state index < -0.39 is 0 Å². The molecule has 3 nitrogen and oxygen atoms in total. The van der Waals surface area contributed by atoms with Crippen LogP contribution < -0.4 is 4.90 Å². The van der Waals surface area contributed by atoms with Crippen LogP contribution in [0, 0.1) is 0 Å². The van der Waals surface area contributed by atoms with Crippen LogP contribution in [0.25, 0.3) is 0 Å². The summed E-state index contributed by atoms with van der Waals surface area (Å²) in [5.74, 6) is 0.00885. The second kappa shape index (κ2) is 5.05. The minimum absolute atomic E-state index is 0.00885. The third-order valence-electron chi connectivity index (χ3n) is 4.76. The number of hydrogen-bond donors (Lipinski definition) is 0. The first-order chi connectivity index (χ1) is 11.8. The lowest BCUT2D eigenvalue weighted by Gasteiger charge is -2.37. The third kappa shape index (κ3) is 1.79. The second-order valence-electron chi connectivity index (χ2n) is 6.10. The van der Waals surface area contributed by atoms with Gasteiger partial charge in [0.15, 0.2) is 6.23 Å². The van der Waals surface area contributed by atoms with E-state index in [0.717, 1.165) is 27.9 Å². The number of rotatable bonds is 1. The molecular formula is C21H15NO2. The lowest BCUT2D eigenvalue weighted by molar-refractivity contribution is 0.00114. The fourth-order valence-corrected chi connectivity index (χ4v) is 3.67. The van der Waals surface area contributed by atoms with Gasteiger partial charge in [-0.25, -0.2) is 0 Å². The van der Waals surface area contributed by atoms with Crippen LogP contribution in [0.2, 0.25) is 0 Å². The molecule has 0 N–H and O–H groups in total. The fraction of sp³-hybridized carbons (Fsp3) is 0.0952. The van der Waals surface area contributed by atoms with Crippen molar-refractivity contribution in [2.24, 2.45) is 0 Å². The standard InChI is InChI=1S/C21H15NO2/c23-20-15-10-4-5-11-16(15)21-22(20)18-13-7-6-12-17(18)19(24-21)14-8-2-1-3-9-14/h1-13,19,21H/t19-,21-/m1/s1. The highest BCUT2D eigenvalue weighted by Crippen LogP contribution is 2.49. The van der Waals surface area contributed by atoms with Crippen LogP contribution in [0.3, 0.4) is 0 Å². The number of anilines is 1. The summed E-state index contributed by atoms with van der Waals surface area (Å²) in [4.78, 5) is 14.7. The number of ether oxygens (including phenoxy) is 1. The van der Waals surface area contributed by atoms with Gasteiger partial charge in [0.2, 0.25) is 0 Å². The Labute approximate surface area is 140 Å². The number of hydrogen-bond acceptors (Lipinski definition) is 2. The van der Waals surface area contributed by atoms with Crippen LogP contribution in [-0.4, -0.2) is 5.91 Å². The second-order valence-corrected chi connectivity index (χ2v) is 6.10. The van der Waals surface area contributed by atoms with E-state index in [1.165, 1.54) is 0 Å². The lowest BCUT2D eigenvalue weighted by atomic mass is 9.97. The highest BCUT2D eigenvalue weighted by atomic mass is 16.5. The number of para-hydroxylation sites is 1. The van der Waals surface area contributed by atoms with Crippen molar-refractivity contribution in [1.82, 2.24) is 0 Å². The van der Waals surface area contributed by atoms with Gasteiger partial charge in [-0.3, -0.25) is 9.69 Å². The quantitative estimate of drug-likeness (QED) is 0.663. The van der Waals surface area contributed by atoms with Crippen molar-refractivity contribution in [2.75, 3.05) is 4.90 Å². The normalized spacial score (nSPS) is 21.2. The van der Waals surface area contributed by atoms with Gasteiger partial charge in [0.25, 0.3) is 5.91 Å². The Morgan fingerprint density at radius 1 is 0.750 bits per heavy atom. The molecular weight excluding hydrogens is 298 g/mol. The van der Waals surface area contributed by atoms with Gasteiger partial charge in [-0.05, 0) is 17.7 Å². The molecule has 0 saturated carbocycles. The van der Waals surface area contributed by atoms with Crippen molar-refractivity contribution < 1.29 is 9.53 Å². The molecule has 0 saturated heterocycles. The summed E-state index contributed by atoms with van der Waals surface area (Å²) in [6.45, 7) is 0. The predicted molar refractivity (Wildman–Crippen MR) is 91.8 cm³/mol. The smallest absolute Gasteiger partial charge is 0.261 e. The van der Waals surface area contributed by atoms with Gasteiger partial charge in [0.05, 0.1) is 5.69 Å². The zero-order valence-corrected chi connectivity index (χ0v) is 12.9. The van der Waals surface area contributed by atoms with Crippen molar-refractivity contribution >= 4 is 11.6 Å². The molecule has 0 bridgehead atoms. The van der Waals surface area contributed by atoms with E-state index in [9.17, 15) is 4.79 Å². The number of carbonyl (C=O) groups excluding carboxylic acids is 1. The minimum atomic E-state index is -0.367. The Morgan fingerprint density at radius 3 is 2.25 bits per heavy atom. The first-order valence-corrected chi connectivity index (χ1v) is 8.06. The SMILES string of the molecule is O=C1c2ccccc2[C@H]2O[C@H](c3ccccc3)c3ccccc3N12. The molecule has 3 heteroatoms. The van der Waals surface area contributed by atoms with E-state index in [1.54, 1.807) is 4.90 Å². The number of amides is 1. The lowest BCUT2D eigenvalue weighted by Crippen LogP contribution is -2.35. The third-order valence-corrected chi connectivity index (χ3v) is 4.76. The van der Waals surface area contributed by atoms with Gasteiger partial charge in [-0.1, -0.05) is 66.7 Å². The zero-order valence-electron chi connectivity index (χ0n) is 12.9. The van der Waals surface area contributed by atoms with Gasteiger partial charge in [-0.2, -0.15) is 0 Å². The molecule has 2 atom stereocenters. The Bertz CT molecular complexity index is 935. The van der Waals surface area contributed by atoms with E-state index in [4.69, 9.17) is 4.74 Å². The number of nitrogens with zero attached hydrogens (tertiary/aromatic N) is 1. The monoisotopic (exact) mass is 313 g/mol. The average Bonchev–Trinajstić information content (AvgIpc) is 2.95. The van der Waals surface area contributed by atoms with Crippen LogP contribution in [0.4, 0.5) is 5.69 Å². The summed E-state index contributed by atoms with van der Waals surface area (Å²) in [5, 5.41) is 0. The average molecular weight is 313 g/mol. The summed E-state index contributed by atoms with van der Waals surface area (Å²) >= 11 is 0. The summed E-state index contributed by atoms with van der Waals surface area (Å²) in [7, 11) is 0. The molecule has 1 amide bonds. The van der Waals surface area contributed by atoms with Crippen molar-refractivity contribution in [3.8, 4) is 0 Å². The van der Waals surface area contributed by atoms with Crippen LogP contribution in [0.5, 0.6) is 0 Å². The molecule has 2 aliphatic rings. The van der Waals surface area contributed by atoms with Crippen LogP contribution in [0.15, 0.2) is 78.9 Å². The highest BCUT2D eigenvalue weighted by Gasteiger charge is 2.44. The van der Waals surface area contributed by atoms with Crippen molar-refractivity contribution in [1.29, 1.82) is 0 Å². The molecule has 0 aromatic heterocycles. The molecule has 0 fully saturated rings. The maximum absolute atomic E-state index is 12.9. The van der Waals surface area contributed by atoms with Crippen molar-refractivity contribution in [3.05, 3.63) is 101 Å². The van der Waals surface area contributed by atoms with E-state index >= 15 is 0 Å². The molecule has 24 heavy (non-hydrogen) atoms. The van der Waals surface area contributed by atoms with Crippen molar-refractivity contribution in [3.63, 3.8) is 0 Å². The van der Waals surface area contributed by atoms with Crippen molar-refractivity contribution in [2.45, 2.75) is 12.3 Å². The van der Waals surface area contributed by atoms with Gasteiger partial charge in [0.1, 0.15) is 6.10 Å². The highest BCUT2D eigenvalue weighted by molar-refractivity contribution is 6.11. The molecule has 2 aliphatic heterocycles. The minimum Gasteiger partial charge on any atom is -0.341 e. The van der Waals surface area contributed by atoms with Crippen LogP contribution >= 0.6 is 0 Å². The first-order valence-electron chi connectivity index (χ1n) is 8.06. The molecule has 116 valence electrons. The summed E-state index contributed by atoms with van der Waals surface area (Å²) < 4.78 is 6.42. The van der Waals surface area contributed by atoms with Gasteiger partial charge in [0, 0.05) is 16.7 Å². The molecule has 0 radical (unpaired) electrons. The summed E-state index contributed by atoms with van der Waals surface area (Å²) in [6, 6.07) is 25.9. The Hall–Kier alpha value is -2.91. The largest absolute Gasteiger partial charge is 0.341 e. The van der Waals surface area contributed by atoms with E-state index in [2.05, 4.69) is 12.1 Å². The first kappa shape index (κ1) is 13.5. The number of carbonyl (C=O) groups is 1. The van der Waals surface area contributed by atoms with E-state index in [1.807, 2.05) is 66.7 Å². The molecule has 5 rings (SSSR count). The number of benzene rings is 3. The van der Waals surface area contributed by atoms with E-state index in [0.29, 0.717) is 0 Å². The molecule has 0 spiro atoms. The van der Waals surface area contributed by atoms with E-state index in [-0.39, 0.29) is 18.2 Å². The Balaban J connectivity index is 1.72. The predicted octanol–water partition coefficient (Wildman–Crippen LogP) is 4.47. The molecule has 0 aliphatic carbocycles. The summed E-state index contributed by atoms with van der Waals surface area (Å²) in [6.07, 6.45) is -0.545.